The SMILES string of the molecule is Cc1cc(CNC(=O)NC(C)(C(=O)O)c2ccc(F)cc2)on1. The van der Waals surface area contributed by atoms with Crippen molar-refractivity contribution in [1.82, 2.24) is 15.8 Å². The molecule has 0 saturated carbocycles. The number of carbonyl (C=O) groups excluding carboxylic acids is 1. The van der Waals surface area contributed by atoms with Gasteiger partial charge < -0.3 is 20.3 Å². The maximum atomic E-state index is 13.0. The minimum atomic E-state index is -1.70. The molecular formula is C15H16FN3O4. The fourth-order valence-electron chi connectivity index (χ4n) is 1.97. The van der Waals surface area contributed by atoms with Crippen molar-refractivity contribution < 1.29 is 23.6 Å². The van der Waals surface area contributed by atoms with Gasteiger partial charge in [-0.25, -0.2) is 14.0 Å². The van der Waals surface area contributed by atoms with Crippen LogP contribution < -0.4 is 10.6 Å². The molecule has 2 aromatic rings. The van der Waals surface area contributed by atoms with Gasteiger partial charge in [-0.15, -0.1) is 0 Å². The molecule has 0 aliphatic heterocycles. The van der Waals surface area contributed by atoms with Gasteiger partial charge in [0.15, 0.2) is 11.3 Å². The fraction of sp³-hybridized carbons (Fsp3) is 0.267. The first kappa shape index (κ1) is 16.5. The van der Waals surface area contributed by atoms with Crippen molar-refractivity contribution >= 4 is 12.0 Å². The highest BCUT2D eigenvalue weighted by atomic mass is 19.1. The second-order valence-corrected chi connectivity index (χ2v) is 5.18. The minimum absolute atomic E-state index is 0.0613. The van der Waals surface area contributed by atoms with Crippen molar-refractivity contribution in [2.75, 3.05) is 0 Å². The Morgan fingerprint density at radius 1 is 1.35 bits per heavy atom. The van der Waals surface area contributed by atoms with Gasteiger partial charge in [-0.3, -0.25) is 0 Å². The quantitative estimate of drug-likeness (QED) is 0.780. The van der Waals surface area contributed by atoms with Gasteiger partial charge in [-0.05, 0) is 31.5 Å². The van der Waals surface area contributed by atoms with Gasteiger partial charge >= 0.3 is 12.0 Å². The second kappa shape index (κ2) is 6.47. The minimum Gasteiger partial charge on any atom is -0.479 e. The van der Waals surface area contributed by atoms with Crippen LogP contribution in [-0.4, -0.2) is 22.3 Å². The number of nitrogens with zero attached hydrogens (tertiary/aromatic N) is 1. The number of benzene rings is 1. The number of amides is 2. The normalized spacial score (nSPS) is 13.2. The van der Waals surface area contributed by atoms with Crippen LogP contribution in [0.3, 0.4) is 0 Å². The number of urea groups is 1. The summed E-state index contributed by atoms with van der Waals surface area (Å²) in [5.74, 6) is -1.32. The van der Waals surface area contributed by atoms with Gasteiger partial charge in [0, 0.05) is 6.07 Å². The molecule has 0 aliphatic rings. The summed E-state index contributed by atoms with van der Waals surface area (Å²) < 4.78 is 17.9. The molecule has 0 fully saturated rings. The van der Waals surface area contributed by atoms with E-state index in [9.17, 15) is 19.1 Å². The van der Waals surface area contributed by atoms with Crippen LogP contribution in [0.4, 0.5) is 9.18 Å². The predicted molar refractivity (Wildman–Crippen MR) is 78.0 cm³/mol. The van der Waals surface area contributed by atoms with Crippen molar-refractivity contribution in [3.8, 4) is 0 Å². The molecule has 1 unspecified atom stereocenters. The third-order valence-electron chi connectivity index (χ3n) is 3.31. The van der Waals surface area contributed by atoms with Crippen LogP contribution in [0.25, 0.3) is 0 Å². The summed E-state index contributed by atoms with van der Waals surface area (Å²) in [6, 6.07) is 5.83. The number of carboxylic acids is 1. The average molecular weight is 321 g/mol. The zero-order chi connectivity index (χ0) is 17.0. The Morgan fingerprint density at radius 2 is 2.00 bits per heavy atom. The molecule has 1 aromatic heterocycles. The first-order chi connectivity index (χ1) is 10.8. The first-order valence-corrected chi connectivity index (χ1v) is 6.79. The number of carboxylic acid groups (broad SMARTS) is 1. The smallest absolute Gasteiger partial charge is 0.333 e. The Kier molecular flexibility index (Phi) is 4.63. The summed E-state index contributed by atoms with van der Waals surface area (Å²) >= 11 is 0. The van der Waals surface area contributed by atoms with Gasteiger partial charge in [0.2, 0.25) is 0 Å². The van der Waals surface area contributed by atoms with Crippen LogP contribution in [0.2, 0.25) is 0 Å². The van der Waals surface area contributed by atoms with E-state index in [0.29, 0.717) is 11.5 Å². The number of hydrogen-bond donors (Lipinski definition) is 3. The van der Waals surface area contributed by atoms with E-state index in [0.717, 1.165) is 12.1 Å². The van der Waals surface area contributed by atoms with E-state index < -0.39 is 23.4 Å². The number of halogens is 1. The van der Waals surface area contributed by atoms with Crippen LogP contribution >= 0.6 is 0 Å². The van der Waals surface area contributed by atoms with Crippen molar-refractivity contribution in [3.63, 3.8) is 0 Å². The molecule has 122 valence electrons. The van der Waals surface area contributed by atoms with E-state index >= 15 is 0 Å². The van der Waals surface area contributed by atoms with E-state index in [2.05, 4.69) is 15.8 Å². The van der Waals surface area contributed by atoms with Crippen LogP contribution in [0.1, 0.15) is 23.9 Å². The molecule has 23 heavy (non-hydrogen) atoms. The number of aryl methyl sites for hydroxylation is 1. The molecule has 0 spiro atoms. The van der Waals surface area contributed by atoms with E-state index in [4.69, 9.17) is 4.52 Å². The van der Waals surface area contributed by atoms with E-state index in [-0.39, 0.29) is 12.1 Å². The van der Waals surface area contributed by atoms with Gasteiger partial charge in [-0.2, -0.15) is 0 Å². The number of aromatic nitrogens is 1. The highest BCUT2D eigenvalue weighted by Crippen LogP contribution is 2.21. The molecule has 1 atom stereocenters. The Hall–Kier alpha value is -2.90. The van der Waals surface area contributed by atoms with E-state index in [1.807, 2.05) is 0 Å². The van der Waals surface area contributed by atoms with E-state index in [1.54, 1.807) is 13.0 Å². The van der Waals surface area contributed by atoms with Crippen molar-refractivity contribution in [3.05, 3.63) is 53.2 Å². The topological polar surface area (TPSA) is 104 Å². The number of nitrogens with one attached hydrogen (secondary N) is 2. The lowest BCUT2D eigenvalue weighted by atomic mass is 9.92. The molecule has 8 heteroatoms. The summed E-state index contributed by atoms with van der Waals surface area (Å²) in [6.45, 7) is 3.12. The first-order valence-electron chi connectivity index (χ1n) is 6.79. The number of carbonyl (C=O) groups is 2. The zero-order valence-electron chi connectivity index (χ0n) is 12.6. The maximum absolute atomic E-state index is 13.0. The predicted octanol–water partition coefficient (Wildman–Crippen LogP) is 1.92. The molecule has 0 radical (unpaired) electrons. The van der Waals surface area contributed by atoms with Crippen molar-refractivity contribution in [2.24, 2.45) is 0 Å². The van der Waals surface area contributed by atoms with Gasteiger partial charge in [-0.1, -0.05) is 17.3 Å². The van der Waals surface area contributed by atoms with Crippen LogP contribution in [0.5, 0.6) is 0 Å². The third kappa shape index (κ3) is 3.85. The zero-order valence-corrected chi connectivity index (χ0v) is 12.6. The fourth-order valence-corrected chi connectivity index (χ4v) is 1.97. The molecule has 0 bridgehead atoms. The Morgan fingerprint density at radius 3 is 2.52 bits per heavy atom. The standard InChI is InChI=1S/C15H16FN3O4/c1-9-7-12(23-19-9)8-17-14(22)18-15(2,13(20)21)10-3-5-11(16)6-4-10/h3-7H,8H2,1-2H3,(H,20,21)(H2,17,18,22). The van der Waals surface area contributed by atoms with Crippen molar-refractivity contribution in [1.29, 1.82) is 0 Å². The molecule has 2 amide bonds. The van der Waals surface area contributed by atoms with Crippen LogP contribution in [-0.2, 0) is 16.9 Å². The molecule has 2 rings (SSSR count). The lowest BCUT2D eigenvalue weighted by Gasteiger charge is -2.26. The number of aliphatic carboxylic acids is 1. The van der Waals surface area contributed by atoms with Gasteiger partial charge in [0.1, 0.15) is 5.82 Å². The molecular weight excluding hydrogens is 305 g/mol. The lowest BCUT2D eigenvalue weighted by Crippen LogP contribution is -2.52. The highest BCUT2D eigenvalue weighted by molar-refractivity contribution is 5.87. The molecule has 1 aromatic carbocycles. The molecule has 3 N–H and O–H groups in total. The van der Waals surface area contributed by atoms with Crippen LogP contribution in [0, 0.1) is 12.7 Å². The maximum Gasteiger partial charge on any atom is 0.333 e. The molecule has 7 nitrogen and oxygen atoms in total. The van der Waals surface area contributed by atoms with Gasteiger partial charge in [0.25, 0.3) is 0 Å². The third-order valence-corrected chi connectivity index (χ3v) is 3.31. The summed E-state index contributed by atoms with van der Waals surface area (Å²) in [4.78, 5) is 23.5. The summed E-state index contributed by atoms with van der Waals surface area (Å²) in [6.07, 6.45) is 0. The van der Waals surface area contributed by atoms with Crippen LogP contribution in [0.15, 0.2) is 34.9 Å². The van der Waals surface area contributed by atoms with E-state index in [1.165, 1.54) is 19.1 Å². The molecule has 0 aliphatic carbocycles. The summed E-state index contributed by atoms with van der Waals surface area (Å²) in [5, 5.41) is 18.0. The Labute approximate surface area is 131 Å². The Bertz CT molecular complexity index is 714. The average Bonchev–Trinajstić information content (AvgIpc) is 2.91. The largest absolute Gasteiger partial charge is 0.479 e. The second-order valence-electron chi connectivity index (χ2n) is 5.18. The van der Waals surface area contributed by atoms with Gasteiger partial charge in [0.05, 0.1) is 12.2 Å². The lowest BCUT2D eigenvalue weighted by molar-refractivity contribution is -0.144. The molecule has 0 saturated heterocycles. The molecule has 1 heterocycles. The Balaban J connectivity index is 2.07. The monoisotopic (exact) mass is 321 g/mol. The summed E-state index contributed by atoms with van der Waals surface area (Å²) in [7, 11) is 0. The number of hydrogen-bond acceptors (Lipinski definition) is 4. The number of rotatable bonds is 5. The summed E-state index contributed by atoms with van der Waals surface area (Å²) in [5.41, 5.74) is -0.782. The van der Waals surface area contributed by atoms with Crippen molar-refractivity contribution in [2.45, 2.75) is 25.9 Å². The highest BCUT2D eigenvalue weighted by Gasteiger charge is 2.37.